The Bertz CT molecular complexity index is 353. The van der Waals surface area contributed by atoms with Gasteiger partial charge in [-0.2, -0.15) is 0 Å². The monoisotopic (exact) mass is 242 g/mol. The Morgan fingerprint density at radius 1 is 1.65 bits per heavy atom. The normalized spacial score (nSPS) is 10.8. The van der Waals surface area contributed by atoms with Crippen molar-refractivity contribution >= 4 is 5.91 Å². The molecule has 0 bridgehead atoms. The first kappa shape index (κ1) is 13.6. The fourth-order valence-corrected chi connectivity index (χ4v) is 1.22. The van der Waals surface area contributed by atoms with Gasteiger partial charge < -0.3 is 9.64 Å². The number of carbonyl (C=O) groups excluding carboxylic acids is 1. The zero-order valence-corrected chi connectivity index (χ0v) is 10.1. The number of ether oxygens (including phenoxy) is 1. The van der Waals surface area contributed by atoms with Gasteiger partial charge in [-0.3, -0.25) is 14.9 Å². The third kappa shape index (κ3) is 4.47. The van der Waals surface area contributed by atoms with E-state index in [9.17, 15) is 4.79 Å². The van der Waals surface area contributed by atoms with Crippen molar-refractivity contribution in [3.05, 3.63) is 11.9 Å². The predicted octanol–water partition coefficient (Wildman–Crippen LogP) is -1.54. The van der Waals surface area contributed by atoms with E-state index in [-0.39, 0.29) is 5.69 Å². The van der Waals surface area contributed by atoms with Crippen LogP contribution in [-0.2, 0) is 11.3 Å². The van der Waals surface area contributed by atoms with E-state index in [1.807, 2.05) is 12.5 Å². The predicted molar refractivity (Wildman–Crippen MR) is 61.0 cm³/mol. The van der Waals surface area contributed by atoms with Crippen molar-refractivity contribution in [2.24, 2.45) is 5.84 Å². The van der Waals surface area contributed by atoms with E-state index in [0.29, 0.717) is 13.2 Å². The molecule has 0 unspecified atom stereocenters. The quantitative estimate of drug-likeness (QED) is 0.341. The molecule has 1 amide bonds. The van der Waals surface area contributed by atoms with Crippen molar-refractivity contribution in [3.8, 4) is 0 Å². The molecule has 0 aromatic carbocycles. The lowest BCUT2D eigenvalue weighted by atomic mass is 10.4. The van der Waals surface area contributed by atoms with Crippen LogP contribution in [0, 0.1) is 0 Å². The van der Waals surface area contributed by atoms with Gasteiger partial charge in [0.15, 0.2) is 5.69 Å². The fraction of sp³-hybridized carbons (Fsp3) is 0.667. The van der Waals surface area contributed by atoms with E-state index in [0.717, 1.165) is 13.1 Å². The van der Waals surface area contributed by atoms with E-state index in [2.05, 4.69) is 15.2 Å². The minimum atomic E-state index is -0.441. The molecule has 0 saturated carbocycles. The van der Waals surface area contributed by atoms with Gasteiger partial charge in [-0.25, -0.2) is 5.84 Å². The van der Waals surface area contributed by atoms with Crippen LogP contribution in [0.25, 0.3) is 0 Å². The Kier molecular flexibility index (Phi) is 5.53. The number of methoxy groups -OCH3 is 1. The van der Waals surface area contributed by atoms with Crippen LogP contribution in [0.5, 0.6) is 0 Å². The van der Waals surface area contributed by atoms with Gasteiger partial charge in [-0.1, -0.05) is 5.21 Å². The summed E-state index contributed by atoms with van der Waals surface area (Å²) in [4.78, 5) is 13.2. The summed E-state index contributed by atoms with van der Waals surface area (Å²) in [5.74, 6) is 4.55. The molecule has 8 nitrogen and oxygen atoms in total. The number of nitrogens with two attached hydrogens (primary N) is 1. The molecule has 0 aliphatic heterocycles. The van der Waals surface area contributed by atoms with Crippen molar-refractivity contribution in [2.45, 2.75) is 6.54 Å². The minimum absolute atomic E-state index is 0.215. The van der Waals surface area contributed by atoms with Crippen LogP contribution in [0.2, 0.25) is 0 Å². The number of nitrogen functional groups attached to an aromatic ring is 1. The molecule has 17 heavy (non-hydrogen) atoms. The molecule has 0 saturated heterocycles. The molecule has 0 aliphatic carbocycles. The first-order chi connectivity index (χ1) is 8.17. The first-order valence-corrected chi connectivity index (χ1v) is 5.26. The van der Waals surface area contributed by atoms with Gasteiger partial charge in [0.1, 0.15) is 0 Å². The zero-order chi connectivity index (χ0) is 12.7. The Labute approximate surface area is 99.7 Å². The van der Waals surface area contributed by atoms with Gasteiger partial charge in [-0.05, 0) is 7.05 Å². The van der Waals surface area contributed by atoms with E-state index in [4.69, 9.17) is 10.6 Å². The van der Waals surface area contributed by atoms with Crippen molar-refractivity contribution in [1.29, 1.82) is 0 Å². The lowest BCUT2D eigenvalue weighted by molar-refractivity contribution is 0.0948. The summed E-state index contributed by atoms with van der Waals surface area (Å²) in [6.45, 7) is 3.00. The molecule has 1 rings (SSSR count). The van der Waals surface area contributed by atoms with Gasteiger partial charge in [0.2, 0.25) is 0 Å². The minimum Gasteiger partial charge on any atom is -0.383 e. The zero-order valence-electron chi connectivity index (χ0n) is 10.1. The maximum absolute atomic E-state index is 11.1. The summed E-state index contributed by atoms with van der Waals surface area (Å²) in [5.41, 5.74) is 2.22. The number of nitrogens with zero attached hydrogens (tertiary/aromatic N) is 4. The van der Waals surface area contributed by atoms with Crippen LogP contribution in [0.4, 0.5) is 0 Å². The fourth-order valence-electron chi connectivity index (χ4n) is 1.22. The summed E-state index contributed by atoms with van der Waals surface area (Å²) in [7, 11) is 3.66. The maximum Gasteiger partial charge on any atom is 0.287 e. The van der Waals surface area contributed by atoms with E-state index < -0.39 is 5.91 Å². The van der Waals surface area contributed by atoms with Crippen molar-refractivity contribution in [3.63, 3.8) is 0 Å². The van der Waals surface area contributed by atoms with Crippen LogP contribution in [-0.4, -0.2) is 59.7 Å². The van der Waals surface area contributed by atoms with Crippen LogP contribution in [0.3, 0.4) is 0 Å². The molecule has 8 heteroatoms. The Balaban J connectivity index is 2.36. The molecule has 0 fully saturated rings. The van der Waals surface area contributed by atoms with Crippen LogP contribution < -0.4 is 11.3 Å². The number of nitrogens with one attached hydrogen (secondary N) is 1. The molecule has 96 valence electrons. The summed E-state index contributed by atoms with van der Waals surface area (Å²) in [6, 6.07) is 0. The molecule has 1 heterocycles. The summed E-state index contributed by atoms with van der Waals surface area (Å²) in [5, 5.41) is 7.53. The van der Waals surface area contributed by atoms with Gasteiger partial charge >= 0.3 is 0 Å². The Morgan fingerprint density at radius 2 is 2.41 bits per heavy atom. The third-order valence-corrected chi connectivity index (χ3v) is 2.29. The summed E-state index contributed by atoms with van der Waals surface area (Å²) >= 11 is 0. The SMILES string of the molecule is COCCN(C)CCn1cc(C(=O)NN)nn1. The van der Waals surface area contributed by atoms with Gasteiger partial charge in [0.05, 0.1) is 19.3 Å². The van der Waals surface area contributed by atoms with Crippen LogP contribution in [0.1, 0.15) is 10.5 Å². The van der Waals surface area contributed by atoms with Crippen molar-refractivity contribution in [1.82, 2.24) is 25.3 Å². The number of hydrazine groups is 1. The van der Waals surface area contributed by atoms with Gasteiger partial charge in [0, 0.05) is 20.2 Å². The number of likely N-dealkylation sites (N-methyl/N-ethyl adjacent to an activating group) is 1. The highest BCUT2D eigenvalue weighted by atomic mass is 16.5. The van der Waals surface area contributed by atoms with Crippen LogP contribution in [0.15, 0.2) is 6.20 Å². The molecular formula is C9H18N6O2. The topological polar surface area (TPSA) is 98.3 Å². The molecule has 0 aliphatic rings. The molecule has 0 spiro atoms. The molecular weight excluding hydrogens is 224 g/mol. The van der Waals surface area contributed by atoms with Gasteiger partial charge in [-0.15, -0.1) is 5.10 Å². The maximum atomic E-state index is 11.1. The number of hydrogen-bond acceptors (Lipinski definition) is 6. The summed E-state index contributed by atoms with van der Waals surface area (Å²) in [6.07, 6.45) is 1.56. The number of carbonyl (C=O) groups is 1. The number of rotatable bonds is 7. The van der Waals surface area contributed by atoms with E-state index in [1.165, 1.54) is 0 Å². The number of aromatic nitrogens is 3. The molecule has 1 aromatic rings. The molecule has 3 N–H and O–H groups in total. The third-order valence-electron chi connectivity index (χ3n) is 2.29. The largest absolute Gasteiger partial charge is 0.383 e. The highest BCUT2D eigenvalue weighted by Gasteiger charge is 2.08. The lowest BCUT2D eigenvalue weighted by Crippen LogP contribution is -2.30. The van der Waals surface area contributed by atoms with E-state index in [1.54, 1.807) is 18.0 Å². The second kappa shape index (κ2) is 6.94. The summed E-state index contributed by atoms with van der Waals surface area (Å²) < 4.78 is 6.58. The average Bonchev–Trinajstić information content (AvgIpc) is 2.81. The smallest absolute Gasteiger partial charge is 0.287 e. The van der Waals surface area contributed by atoms with Crippen molar-refractivity contribution < 1.29 is 9.53 Å². The standard InChI is InChI=1S/C9H18N6O2/c1-14(5-6-17-2)3-4-15-7-8(12-13-15)9(16)11-10/h7H,3-6,10H2,1-2H3,(H,11,16). The van der Waals surface area contributed by atoms with E-state index >= 15 is 0 Å². The Morgan fingerprint density at radius 3 is 3.06 bits per heavy atom. The number of amides is 1. The highest BCUT2D eigenvalue weighted by molar-refractivity contribution is 5.91. The Hall–Kier alpha value is -1.51. The second-order valence-electron chi connectivity index (χ2n) is 3.64. The van der Waals surface area contributed by atoms with Gasteiger partial charge in [0.25, 0.3) is 5.91 Å². The lowest BCUT2D eigenvalue weighted by Gasteiger charge is -2.15. The molecule has 0 radical (unpaired) electrons. The highest BCUT2D eigenvalue weighted by Crippen LogP contribution is 1.93. The first-order valence-electron chi connectivity index (χ1n) is 5.26. The van der Waals surface area contributed by atoms with Crippen molar-refractivity contribution in [2.75, 3.05) is 33.9 Å². The molecule has 1 aromatic heterocycles. The van der Waals surface area contributed by atoms with Crippen LogP contribution >= 0.6 is 0 Å². The average molecular weight is 242 g/mol. The number of hydrogen-bond donors (Lipinski definition) is 2. The second-order valence-corrected chi connectivity index (χ2v) is 3.64. The molecule has 0 atom stereocenters.